The minimum absolute atomic E-state index is 0.247. The lowest BCUT2D eigenvalue weighted by Gasteiger charge is -2.09. The predicted octanol–water partition coefficient (Wildman–Crippen LogP) is 0.746. The van der Waals surface area contributed by atoms with Gasteiger partial charge in [-0.15, -0.1) is 0 Å². The maximum Gasteiger partial charge on any atom is 0.322 e. The molecule has 2 rings (SSSR count). The second kappa shape index (κ2) is 3.73. The lowest BCUT2D eigenvalue weighted by atomic mass is 10.0. The van der Waals surface area contributed by atoms with Crippen LogP contribution in [0, 0.1) is 6.92 Å². The van der Waals surface area contributed by atoms with Gasteiger partial charge in [0.05, 0.1) is 0 Å². The molecule has 1 aromatic carbocycles. The Bertz CT molecular complexity index is 415. The molecule has 1 atom stereocenters. The van der Waals surface area contributed by atoms with E-state index in [1.165, 1.54) is 0 Å². The molecule has 1 aromatic rings. The number of amides is 3. The third-order valence-electron chi connectivity index (χ3n) is 2.54. The number of imide groups is 1. The molecule has 0 saturated carbocycles. The van der Waals surface area contributed by atoms with Crippen molar-refractivity contribution >= 4 is 11.9 Å². The van der Waals surface area contributed by atoms with Crippen molar-refractivity contribution < 1.29 is 9.59 Å². The Balaban J connectivity index is 2.13. The zero-order valence-electron chi connectivity index (χ0n) is 8.41. The molecule has 15 heavy (non-hydrogen) atoms. The fourth-order valence-electron chi connectivity index (χ4n) is 1.66. The van der Waals surface area contributed by atoms with Gasteiger partial charge in [0, 0.05) is 6.42 Å². The van der Waals surface area contributed by atoms with Crippen LogP contribution in [0.3, 0.4) is 0 Å². The molecule has 0 unspecified atom stereocenters. The van der Waals surface area contributed by atoms with Crippen LogP contribution >= 0.6 is 0 Å². The molecule has 1 aliphatic rings. The van der Waals surface area contributed by atoms with Gasteiger partial charge in [-0.1, -0.05) is 24.3 Å². The Morgan fingerprint density at radius 3 is 2.60 bits per heavy atom. The van der Waals surface area contributed by atoms with Gasteiger partial charge < -0.3 is 5.32 Å². The van der Waals surface area contributed by atoms with Crippen molar-refractivity contribution in [1.82, 2.24) is 10.6 Å². The summed E-state index contributed by atoms with van der Waals surface area (Å²) in [4.78, 5) is 22.2. The molecule has 0 radical (unpaired) electrons. The van der Waals surface area contributed by atoms with E-state index in [9.17, 15) is 9.59 Å². The lowest BCUT2D eigenvalue weighted by molar-refractivity contribution is -0.120. The Hall–Kier alpha value is -1.84. The SMILES string of the molecule is Cc1ccccc1C[C@@H]1NC(=O)NC1=O. The van der Waals surface area contributed by atoms with E-state index in [0.717, 1.165) is 11.1 Å². The molecular formula is C11H12N2O2. The van der Waals surface area contributed by atoms with Gasteiger partial charge in [-0.2, -0.15) is 0 Å². The number of carbonyl (C=O) groups excluding carboxylic acids is 2. The highest BCUT2D eigenvalue weighted by Crippen LogP contribution is 2.11. The van der Waals surface area contributed by atoms with Crippen molar-refractivity contribution in [2.75, 3.05) is 0 Å². The number of aryl methyl sites for hydroxylation is 1. The molecule has 78 valence electrons. The average Bonchev–Trinajstić information content (AvgIpc) is 2.49. The number of rotatable bonds is 2. The predicted molar refractivity (Wildman–Crippen MR) is 55.3 cm³/mol. The summed E-state index contributed by atoms with van der Waals surface area (Å²) >= 11 is 0. The van der Waals surface area contributed by atoms with E-state index in [1.54, 1.807) is 0 Å². The van der Waals surface area contributed by atoms with E-state index >= 15 is 0 Å². The zero-order chi connectivity index (χ0) is 10.8. The van der Waals surface area contributed by atoms with Crippen LogP contribution in [0.5, 0.6) is 0 Å². The first-order valence-corrected chi connectivity index (χ1v) is 4.82. The molecule has 3 amide bonds. The van der Waals surface area contributed by atoms with Gasteiger partial charge in [0.15, 0.2) is 0 Å². The van der Waals surface area contributed by atoms with E-state index in [-0.39, 0.29) is 5.91 Å². The summed E-state index contributed by atoms with van der Waals surface area (Å²) in [6.07, 6.45) is 0.546. The maximum absolute atomic E-state index is 11.3. The summed E-state index contributed by atoms with van der Waals surface area (Å²) in [6.45, 7) is 1.99. The molecule has 1 fully saturated rings. The van der Waals surface area contributed by atoms with E-state index in [1.807, 2.05) is 31.2 Å². The molecule has 0 bridgehead atoms. The first-order chi connectivity index (χ1) is 7.16. The molecule has 0 aromatic heterocycles. The zero-order valence-corrected chi connectivity index (χ0v) is 8.41. The van der Waals surface area contributed by atoms with Crippen molar-refractivity contribution in [3.63, 3.8) is 0 Å². The number of hydrogen-bond acceptors (Lipinski definition) is 2. The highest BCUT2D eigenvalue weighted by Gasteiger charge is 2.29. The van der Waals surface area contributed by atoms with Crippen molar-refractivity contribution in [3.05, 3.63) is 35.4 Å². The standard InChI is InChI=1S/C11H12N2O2/c1-7-4-2-3-5-8(7)6-9-10(14)13-11(15)12-9/h2-5,9H,6H2,1H3,(H2,12,13,14,15)/t9-/m0/s1. The first kappa shape index (κ1) is 9.71. The summed E-state index contributed by atoms with van der Waals surface area (Å²) in [6, 6.07) is 7.00. The monoisotopic (exact) mass is 204 g/mol. The molecular weight excluding hydrogens is 192 g/mol. The van der Waals surface area contributed by atoms with Gasteiger partial charge in [0.1, 0.15) is 6.04 Å². The second-order valence-corrected chi connectivity index (χ2v) is 3.65. The first-order valence-electron chi connectivity index (χ1n) is 4.82. The van der Waals surface area contributed by atoms with Crippen LogP contribution in [0.15, 0.2) is 24.3 Å². The van der Waals surface area contributed by atoms with Crippen LogP contribution in [0.25, 0.3) is 0 Å². The molecule has 2 N–H and O–H groups in total. The van der Waals surface area contributed by atoms with E-state index in [2.05, 4.69) is 10.6 Å². The third-order valence-corrected chi connectivity index (χ3v) is 2.54. The molecule has 1 saturated heterocycles. The summed E-state index contributed by atoms with van der Waals surface area (Å²) < 4.78 is 0. The Labute approximate surface area is 87.7 Å². The third kappa shape index (κ3) is 1.98. The van der Waals surface area contributed by atoms with Gasteiger partial charge in [0.25, 0.3) is 5.91 Å². The summed E-state index contributed by atoms with van der Waals surface area (Å²) in [7, 11) is 0. The Kier molecular flexibility index (Phi) is 2.41. The van der Waals surface area contributed by atoms with Crippen LogP contribution in [0.2, 0.25) is 0 Å². The molecule has 1 heterocycles. The summed E-state index contributed by atoms with van der Waals surface area (Å²) in [5.74, 6) is -0.247. The van der Waals surface area contributed by atoms with Gasteiger partial charge in [-0.05, 0) is 18.1 Å². The highest BCUT2D eigenvalue weighted by molar-refractivity contribution is 6.04. The minimum Gasteiger partial charge on any atom is -0.326 e. The summed E-state index contributed by atoms with van der Waals surface area (Å²) in [5, 5.41) is 4.80. The lowest BCUT2D eigenvalue weighted by Crippen LogP contribution is -2.31. The Morgan fingerprint density at radius 2 is 2.00 bits per heavy atom. The highest BCUT2D eigenvalue weighted by atomic mass is 16.2. The van der Waals surface area contributed by atoms with Crippen molar-refractivity contribution in [3.8, 4) is 0 Å². The van der Waals surface area contributed by atoms with E-state index in [0.29, 0.717) is 6.42 Å². The molecule has 4 nitrogen and oxygen atoms in total. The molecule has 0 spiro atoms. The van der Waals surface area contributed by atoms with Crippen LogP contribution < -0.4 is 10.6 Å². The van der Waals surface area contributed by atoms with Gasteiger partial charge >= 0.3 is 6.03 Å². The number of benzene rings is 1. The van der Waals surface area contributed by atoms with Crippen molar-refractivity contribution in [2.45, 2.75) is 19.4 Å². The average molecular weight is 204 g/mol. The van der Waals surface area contributed by atoms with E-state index in [4.69, 9.17) is 0 Å². The minimum atomic E-state index is -0.432. The Morgan fingerprint density at radius 1 is 1.27 bits per heavy atom. The van der Waals surface area contributed by atoms with Crippen molar-refractivity contribution in [2.24, 2.45) is 0 Å². The molecule has 4 heteroatoms. The largest absolute Gasteiger partial charge is 0.326 e. The number of nitrogens with one attached hydrogen (secondary N) is 2. The van der Waals surface area contributed by atoms with Crippen LogP contribution in [0.4, 0.5) is 4.79 Å². The smallest absolute Gasteiger partial charge is 0.322 e. The normalized spacial score (nSPS) is 19.9. The van der Waals surface area contributed by atoms with Gasteiger partial charge in [0.2, 0.25) is 0 Å². The van der Waals surface area contributed by atoms with Crippen molar-refractivity contribution in [1.29, 1.82) is 0 Å². The van der Waals surface area contributed by atoms with Crippen LogP contribution in [-0.4, -0.2) is 18.0 Å². The fraction of sp³-hybridized carbons (Fsp3) is 0.273. The topological polar surface area (TPSA) is 58.2 Å². The van der Waals surface area contributed by atoms with Gasteiger partial charge in [-0.25, -0.2) is 4.79 Å². The van der Waals surface area contributed by atoms with Crippen LogP contribution in [-0.2, 0) is 11.2 Å². The number of urea groups is 1. The van der Waals surface area contributed by atoms with E-state index < -0.39 is 12.1 Å². The van der Waals surface area contributed by atoms with Gasteiger partial charge in [-0.3, -0.25) is 10.1 Å². The number of carbonyl (C=O) groups is 2. The molecule has 1 aliphatic heterocycles. The number of hydrogen-bond donors (Lipinski definition) is 2. The quantitative estimate of drug-likeness (QED) is 0.698. The summed E-state index contributed by atoms with van der Waals surface area (Å²) in [5.41, 5.74) is 2.21. The van der Waals surface area contributed by atoms with Crippen LogP contribution in [0.1, 0.15) is 11.1 Å². The molecule has 0 aliphatic carbocycles. The maximum atomic E-state index is 11.3. The fourth-order valence-corrected chi connectivity index (χ4v) is 1.66. The second-order valence-electron chi connectivity index (χ2n) is 3.65.